The average molecular weight is 301 g/mol. The SMILES string of the molecule is COc1cnn(C(C)C)c1C(N)c1csc2ccccc12. The Labute approximate surface area is 128 Å². The number of nitrogens with two attached hydrogens (primary N) is 1. The van der Waals surface area contributed by atoms with Gasteiger partial charge in [0.1, 0.15) is 5.69 Å². The number of hydrogen-bond donors (Lipinski definition) is 1. The van der Waals surface area contributed by atoms with Crippen LogP contribution in [0.1, 0.15) is 37.2 Å². The molecule has 0 spiro atoms. The molecule has 2 N–H and O–H groups in total. The maximum Gasteiger partial charge on any atom is 0.161 e. The highest BCUT2D eigenvalue weighted by Crippen LogP contribution is 2.36. The molecule has 0 amide bonds. The monoisotopic (exact) mass is 301 g/mol. The van der Waals surface area contributed by atoms with Crippen LogP contribution < -0.4 is 10.5 Å². The van der Waals surface area contributed by atoms with E-state index in [4.69, 9.17) is 10.5 Å². The summed E-state index contributed by atoms with van der Waals surface area (Å²) in [5.74, 6) is 0.742. The first-order chi connectivity index (χ1) is 10.1. The Bertz CT molecular complexity index is 760. The van der Waals surface area contributed by atoms with Gasteiger partial charge in [0.15, 0.2) is 5.75 Å². The predicted octanol–water partition coefficient (Wildman–Crippen LogP) is 3.74. The van der Waals surface area contributed by atoms with Gasteiger partial charge in [0.05, 0.1) is 19.3 Å². The van der Waals surface area contributed by atoms with Gasteiger partial charge < -0.3 is 10.5 Å². The van der Waals surface area contributed by atoms with Crippen LogP contribution in [0, 0.1) is 0 Å². The lowest BCUT2D eigenvalue weighted by Crippen LogP contribution is -2.19. The topological polar surface area (TPSA) is 53.1 Å². The van der Waals surface area contributed by atoms with Crippen LogP contribution in [0.15, 0.2) is 35.8 Å². The molecule has 1 atom stereocenters. The van der Waals surface area contributed by atoms with Crippen molar-refractivity contribution in [1.29, 1.82) is 0 Å². The smallest absolute Gasteiger partial charge is 0.161 e. The molecular formula is C16H19N3OS. The molecule has 1 unspecified atom stereocenters. The summed E-state index contributed by atoms with van der Waals surface area (Å²) in [6.07, 6.45) is 1.74. The molecule has 3 aromatic rings. The van der Waals surface area contributed by atoms with E-state index < -0.39 is 0 Å². The molecule has 0 aliphatic carbocycles. The van der Waals surface area contributed by atoms with Gasteiger partial charge in [0.25, 0.3) is 0 Å². The number of hydrogen-bond acceptors (Lipinski definition) is 4. The van der Waals surface area contributed by atoms with Gasteiger partial charge in [0, 0.05) is 10.7 Å². The lowest BCUT2D eigenvalue weighted by molar-refractivity contribution is 0.401. The molecule has 0 fully saturated rings. The lowest BCUT2D eigenvalue weighted by Gasteiger charge is -2.18. The zero-order valence-electron chi connectivity index (χ0n) is 12.4. The standard InChI is InChI=1S/C16H19N3OS/c1-10(2)19-16(13(20-3)8-18-19)15(17)12-9-21-14-7-5-4-6-11(12)14/h4-10,15H,17H2,1-3H3. The molecule has 4 nitrogen and oxygen atoms in total. The van der Waals surface area contributed by atoms with Crippen LogP contribution >= 0.6 is 11.3 Å². The molecule has 3 rings (SSSR count). The third kappa shape index (κ3) is 2.32. The molecule has 0 bridgehead atoms. The van der Waals surface area contributed by atoms with Gasteiger partial charge >= 0.3 is 0 Å². The van der Waals surface area contributed by atoms with Crippen LogP contribution in [0.25, 0.3) is 10.1 Å². The van der Waals surface area contributed by atoms with Crippen molar-refractivity contribution < 1.29 is 4.74 Å². The van der Waals surface area contributed by atoms with Crippen molar-refractivity contribution in [3.8, 4) is 5.75 Å². The molecule has 1 aromatic carbocycles. The molecule has 0 saturated heterocycles. The van der Waals surface area contributed by atoms with Crippen molar-refractivity contribution in [1.82, 2.24) is 9.78 Å². The highest BCUT2D eigenvalue weighted by Gasteiger charge is 2.23. The van der Waals surface area contributed by atoms with Gasteiger partial charge in [-0.25, -0.2) is 0 Å². The van der Waals surface area contributed by atoms with Gasteiger partial charge in [-0.3, -0.25) is 4.68 Å². The van der Waals surface area contributed by atoms with E-state index in [0.29, 0.717) is 0 Å². The van der Waals surface area contributed by atoms with E-state index in [1.165, 1.54) is 10.1 Å². The quantitative estimate of drug-likeness (QED) is 0.798. The molecule has 0 aliphatic heterocycles. The molecule has 0 radical (unpaired) electrons. The largest absolute Gasteiger partial charge is 0.493 e. The average Bonchev–Trinajstić information content (AvgIpc) is 3.10. The summed E-state index contributed by atoms with van der Waals surface area (Å²) in [6.45, 7) is 4.18. The maximum atomic E-state index is 6.55. The summed E-state index contributed by atoms with van der Waals surface area (Å²) in [6, 6.07) is 8.31. The highest BCUT2D eigenvalue weighted by atomic mass is 32.1. The van der Waals surface area contributed by atoms with Crippen molar-refractivity contribution in [2.24, 2.45) is 5.73 Å². The molecular weight excluding hydrogens is 282 g/mol. The van der Waals surface area contributed by atoms with Gasteiger partial charge in [-0.2, -0.15) is 5.10 Å². The van der Waals surface area contributed by atoms with Crippen molar-refractivity contribution in [3.63, 3.8) is 0 Å². The number of ether oxygens (including phenoxy) is 1. The second kappa shape index (κ2) is 5.50. The van der Waals surface area contributed by atoms with E-state index in [1.54, 1.807) is 24.6 Å². The fourth-order valence-corrected chi connectivity index (χ4v) is 3.60. The second-order valence-corrected chi connectivity index (χ2v) is 6.21. The Hall–Kier alpha value is -1.85. The summed E-state index contributed by atoms with van der Waals surface area (Å²) in [5.41, 5.74) is 8.60. The number of benzene rings is 1. The Kier molecular flexibility index (Phi) is 3.69. The van der Waals surface area contributed by atoms with Crippen molar-refractivity contribution in [2.75, 3.05) is 7.11 Å². The van der Waals surface area contributed by atoms with Crippen molar-refractivity contribution >= 4 is 21.4 Å². The predicted molar refractivity (Wildman–Crippen MR) is 87.0 cm³/mol. The van der Waals surface area contributed by atoms with Gasteiger partial charge in [-0.05, 0) is 36.2 Å². The summed E-state index contributed by atoms with van der Waals surface area (Å²) >= 11 is 1.72. The maximum absolute atomic E-state index is 6.55. The minimum absolute atomic E-state index is 0.236. The third-order valence-electron chi connectivity index (χ3n) is 3.65. The number of methoxy groups -OCH3 is 1. The van der Waals surface area contributed by atoms with Crippen molar-refractivity contribution in [3.05, 3.63) is 47.1 Å². The number of thiophene rings is 1. The van der Waals surface area contributed by atoms with Crippen LogP contribution in [0.2, 0.25) is 0 Å². The Balaban J connectivity index is 2.14. The molecule has 0 saturated carbocycles. The Morgan fingerprint density at radius 3 is 2.76 bits per heavy atom. The third-order valence-corrected chi connectivity index (χ3v) is 4.63. The van der Waals surface area contributed by atoms with E-state index in [9.17, 15) is 0 Å². The van der Waals surface area contributed by atoms with Gasteiger partial charge in [-0.15, -0.1) is 11.3 Å². The Morgan fingerprint density at radius 1 is 1.29 bits per heavy atom. The normalized spacial score (nSPS) is 13.0. The second-order valence-electron chi connectivity index (χ2n) is 5.30. The van der Waals surface area contributed by atoms with E-state index in [2.05, 4.69) is 36.5 Å². The number of fused-ring (bicyclic) bond motifs is 1. The van der Waals surface area contributed by atoms with Crippen LogP contribution in [-0.2, 0) is 0 Å². The van der Waals surface area contributed by atoms with Crippen molar-refractivity contribution in [2.45, 2.75) is 25.9 Å². The number of nitrogens with zero attached hydrogens (tertiary/aromatic N) is 2. The molecule has 0 aliphatic rings. The molecule has 110 valence electrons. The van der Waals surface area contributed by atoms with Crippen LogP contribution in [0.5, 0.6) is 5.75 Å². The Morgan fingerprint density at radius 2 is 2.05 bits per heavy atom. The van der Waals surface area contributed by atoms with Crippen LogP contribution in [-0.4, -0.2) is 16.9 Å². The highest BCUT2D eigenvalue weighted by molar-refractivity contribution is 7.17. The zero-order valence-corrected chi connectivity index (χ0v) is 13.2. The van der Waals surface area contributed by atoms with Crippen LogP contribution in [0.4, 0.5) is 0 Å². The molecule has 5 heteroatoms. The molecule has 2 aromatic heterocycles. The summed E-state index contributed by atoms with van der Waals surface area (Å²) < 4.78 is 8.64. The summed E-state index contributed by atoms with van der Waals surface area (Å²) in [5, 5.41) is 7.75. The van der Waals surface area contributed by atoms with E-state index in [1.807, 2.05) is 16.8 Å². The fourth-order valence-electron chi connectivity index (χ4n) is 2.61. The first-order valence-electron chi connectivity index (χ1n) is 6.96. The summed E-state index contributed by atoms with van der Waals surface area (Å²) in [4.78, 5) is 0. The van der Waals surface area contributed by atoms with E-state index >= 15 is 0 Å². The molecule has 2 heterocycles. The lowest BCUT2D eigenvalue weighted by atomic mass is 10.0. The minimum atomic E-state index is -0.249. The first-order valence-corrected chi connectivity index (χ1v) is 7.84. The van der Waals surface area contributed by atoms with Crippen LogP contribution in [0.3, 0.4) is 0 Å². The number of aromatic nitrogens is 2. The van der Waals surface area contributed by atoms with E-state index in [0.717, 1.165) is 17.0 Å². The number of rotatable bonds is 4. The van der Waals surface area contributed by atoms with E-state index in [-0.39, 0.29) is 12.1 Å². The zero-order chi connectivity index (χ0) is 15.0. The van der Waals surface area contributed by atoms with Gasteiger partial charge in [-0.1, -0.05) is 18.2 Å². The van der Waals surface area contributed by atoms with Gasteiger partial charge in [0.2, 0.25) is 0 Å². The molecule has 21 heavy (non-hydrogen) atoms. The fraction of sp³-hybridized carbons (Fsp3) is 0.312. The minimum Gasteiger partial charge on any atom is -0.493 e. The summed E-state index contributed by atoms with van der Waals surface area (Å²) in [7, 11) is 1.66. The first kappa shape index (κ1) is 14.1.